The lowest BCUT2D eigenvalue weighted by Crippen LogP contribution is -2.25. The van der Waals surface area contributed by atoms with Crippen molar-refractivity contribution in [2.45, 2.75) is 25.9 Å². The van der Waals surface area contributed by atoms with Crippen LogP contribution in [0.25, 0.3) is 0 Å². The van der Waals surface area contributed by atoms with Crippen molar-refractivity contribution >= 4 is 23.5 Å². The predicted octanol–water partition coefficient (Wildman–Crippen LogP) is 2.33. The Morgan fingerprint density at radius 3 is 3.00 bits per heavy atom. The molecule has 0 atom stereocenters. The number of nitrogen functional groups attached to an aromatic ring is 1. The molecule has 0 radical (unpaired) electrons. The van der Waals surface area contributed by atoms with E-state index in [-0.39, 0.29) is 16.9 Å². The Morgan fingerprint density at radius 2 is 2.23 bits per heavy atom. The molecular weight excluding hydrogens is 307 g/mol. The minimum atomic E-state index is -0.456. The molecule has 1 aromatic heterocycles. The van der Waals surface area contributed by atoms with E-state index < -0.39 is 5.82 Å². The van der Waals surface area contributed by atoms with E-state index in [1.807, 2.05) is 0 Å². The summed E-state index contributed by atoms with van der Waals surface area (Å²) >= 11 is 5.73. The number of hydrogen-bond acceptors (Lipinski definition) is 4. The van der Waals surface area contributed by atoms with Crippen LogP contribution in [0.5, 0.6) is 0 Å². The smallest absolute Gasteiger partial charge is 0.223 e. The van der Waals surface area contributed by atoms with Gasteiger partial charge in [-0.15, -0.1) is 0 Å². The normalized spacial score (nSPS) is 13.3. The number of hydrogen-bond donors (Lipinski definition) is 1. The monoisotopic (exact) mass is 320 g/mol. The maximum absolute atomic E-state index is 13.1. The zero-order chi connectivity index (χ0) is 15.7. The first-order valence-electron chi connectivity index (χ1n) is 6.85. The molecule has 0 bridgehead atoms. The summed E-state index contributed by atoms with van der Waals surface area (Å²) in [4.78, 5) is 22.0. The van der Waals surface area contributed by atoms with Gasteiger partial charge in [0, 0.05) is 24.7 Å². The molecule has 1 aliphatic rings. The molecule has 3 rings (SSSR count). The average Bonchev–Trinajstić information content (AvgIpc) is 2.91. The molecular formula is C15H14ClFN4O. The molecule has 22 heavy (non-hydrogen) atoms. The van der Waals surface area contributed by atoms with E-state index in [1.165, 1.54) is 6.07 Å². The highest BCUT2D eigenvalue weighted by Gasteiger charge is 2.24. The van der Waals surface area contributed by atoms with Crippen LogP contribution < -0.4 is 5.73 Å². The molecule has 1 aromatic carbocycles. The molecule has 2 N–H and O–H groups in total. The summed E-state index contributed by atoms with van der Waals surface area (Å²) in [6.45, 7) is 0.948. The minimum absolute atomic E-state index is 0.0111. The van der Waals surface area contributed by atoms with E-state index in [9.17, 15) is 9.18 Å². The standard InChI is InChI=1S/C15H14ClFN4O/c16-11-5-9(1-3-12(11)17)2-4-14(22)21-7-10-6-19-15(18)20-13(10)8-21/h1,3,5-6H,2,4,7-8H2,(H2,18,19,20). The number of anilines is 1. The van der Waals surface area contributed by atoms with Crippen LogP contribution in [-0.2, 0) is 24.3 Å². The number of nitrogens with zero attached hydrogens (tertiary/aromatic N) is 3. The number of amides is 1. The van der Waals surface area contributed by atoms with Crippen LogP contribution in [0.2, 0.25) is 5.02 Å². The summed E-state index contributed by atoms with van der Waals surface area (Å²) in [5.74, 6) is -0.228. The number of aromatic nitrogens is 2. The van der Waals surface area contributed by atoms with Gasteiger partial charge in [-0.2, -0.15) is 0 Å². The molecule has 0 saturated heterocycles. The highest BCUT2D eigenvalue weighted by Crippen LogP contribution is 2.22. The molecule has 0 fully saturated rings. The Balaban J connectivity index is 1.60. The van der Waals surface area contributed by atoms with Gasteiger partial charge < -0.3 is 10.6 Å². The third-order valence-corrected chi connectivity index (χ3v) is 3.93. The van der Waals surface area contributed by atoms with Crippen molar-refractivity contribution in [3.63, 3.8) is 0 Å². The average molecular weight is 321 g/mol. The second-order valence-electron chi connectivity index (χ2n) is 5.20. The molecule has 5 nitrogen and oxygen atoms in total. The Bertz CT molecular complexity index is 737. The van der Waals surface area contributed by atoms with Gasteiger partial charge in [-0.05, 0) is 24.1 Å². The van der Waals surface area contributed by atoms with E-state index in [2.05, 4.69) is 9.97 Å². The molecule has 2 aromatic rings. The molecule has 1 aliphatic heterocycles. The fourth-order valence-corrected chi connectivity index (χ4v) is 2.65. The Morgan fingerprint density at radius 1 is 1.41 bits per heavy atom. The predicted molar refractivity (Wildman–Crippen MR) is 80.4 cm³/mol. The first-order valence-corrected chi connectivity index (χ1v) is 7.22. The Kier molecular flexibility index (Phi) is 3.94. The van der Waals surface area contributed by atoms with Crippen molar-refractivity contribution in [2.24, 2.45) is 0 Å². The number of rotatable bonds is 3. The summed E-state index contributed by atoms with van der Waals surface area (Å²) in [5.41, 5.74) is 8.10. The molecule has 0 saturated carbocycles. The van der Waals surface area contributed by atoms with E-state index in [4.69, 9.17) is 17.3 Å². The van der Waals surface area contributed by atoms with Gasteiger partial charge in [-0.1, -0.05) is 17.7 Å². The van der Waals surface area contributed by atoms with Crippen LogP contribution in [0.1, 0.15) is 23.2 Å². The van der Waals surface area contributed by atoms with Crippen LogP contribution in [0.4, 0.5) is 10.3 Å². The summed E-state index contributed by atoms with van der Waals surface area (Å²) < 4.78 is 13.1. The Hall–Kier alpha value is -2.21. The Labute approximate surface area is 131 Å². The number of halogens is 2. The number of nitrogens with two attached hydrogens (primary N) is 1. The van der Waals surface area contributed by atoms with E-state index in [0.29, 0.717) is 25.9 Å². The highest BCUT2D eigenvalue weighted by atomic mass is 35.5. The fraction of sp³-hybridized carbons (Fsp3) is 0.267. The SMILES string of the molecule is Nc1ncc2c(n1)CN(C(=O)CCc1ccc(F)c(Cl)c1)C2. The van der Waals surface area contributed by atoms with Crippen LogP contribution in [0.3, 0.4) is 0 Å². The van der Waals surface area contributed by atoms with Crippen molar-refractivity contribution in [2.75, 3.05) is 5.73 Å². The van der Waals surface area contributed by atoms with Crippen LogP contribution in [-0.4, -0.2) is 20.8 Å². The summed E-state index contributed by atoms with van der Waals surface area (Å²) in [7, 11) is 0. The van der Waals surface area contributed by atoms with Crippen molar-refractivity contribution in [3.8, 4) is 0 Å². The number of carbonyl (C=O) groups excluding carboxylic acids is 1. The fourth-order valence-electron chi connectivity index (χ4n) is 2.45. The van der Waals surface area contributed by atoms with E-state index in [1.54, 1.807) is 23.2 Å². The zero-order valence-corrected chi connectivity index (χ0v) is 12.5. The van der Waals surface area contributed by atoms with Gasteiger partial charge in [-0.25, -0.2) is 14.4 Å². The summed E-state index contributed by atoms with van der Waals surface area (Å²) in [6, 6.07) is 4.50. The molecule has 1 amide bonds. The molecule has 114 valence electrons. The first-order chi connectivity index (χ1) is 10.5. The van der Waals surface area contributed by atoms with Gasteiger partial charge >= 0.3 is 0 Å². The quantitative estimate of drug-likeness (QED) is 0.942. The lowest BCUT2D eigenvalue weighted by Gasteiger charge is -2.15. The lowest BCUT2D eigenvalue weighted by atomic mass is 10.1. The topological polar surface area (TPSA) is 72.1 Å². The van der Waals surface area contributed by atoms with Gasteiger partial charge in [0.05, 0.1) is 17.3 Å². The maximum Gasteiger partial charge on any atom is 0.223 e. The summed E-state index contributed by atoms with van der Waals surface area (Å²) in [5, 5.41) is 0.0734. The largest absolute Gasteiger partial charge is 0.368 e. The molecule has 0 aliphatic carbocycles. The minimum Gasteiger partial charge on any atom is -0.368 e. The van der Waals surface area contributed by atoms with Gasteiger partial charge in [0.15, 0.2) is 0 Å². The van der Waals surface area contributed by atoms with E-state index in [0.717, 1.165) is 16.8 Å². The van der Waals surface area contributed by atoms with Crippen molar-refractivity contribution in [1.29, 1.82) is 0 Å². The highest BCUT2D eigenvalue weighted by molar-refractivity contribution is 6.30. The van der Waals surface area contributed by atoms with Gasteiger partial charge in [0.25, 0.3) is 0 Å². The first kappa shape index (κ1) is 14.7. The van der Waals surface area contributed by atoms with Crippen molar-refractivity contribution in [1.82, 2.24) is 14.9 Å². The van der Waals surface area contributed by atoms with Crippen molar-refractivity contribution < 1.29 is 9.18 Å². The van der Waals surface area contributed by atoms with Crippen LogP contribution in [0, 0.1) is 5.82 Å². The van der Waals surface area contributed by atoms with Crippen LogP contribution >= 0.6 is 11.6 Å². The lowest BCUT2D eigenvalue weighted by molar-refractivity contribution is -0.131. The summed E-state index contributed by atoms with van der Waals surface area (Å²) in [6.07, 6.45) is 2.50. The molecule has 7 heteroatoms. The maximum atomic E-state index is 13.1. The van der Waals surface area contributed by atoms with Crippen LogP contribution in [0.15, 0.2) is 24.4 Å². The molecule has 0 unspecified atom stereocenters. The van der Waals surface area contributed by atoms with E-state index >= 15 is 0 Å². The molecule has 0 spiro atoms. The third-order valence-electron chi connectivity index (χ3n) is 3.64. The molecule has 2 heterocycles. The van der Waals surface area contributed by atoms with Gasteiger partial charge in [-0.3, -0.25) is 4.79 Å². The number of aryl methyl sites for hydroxylation is 1. The second kappa shape index (κ2) is 5.88. The van der Waals surface area contributed by atoms with Gasteiger partial charge in [0.2, 0.25) is 11.9 Å². The third kappa shape index (κ3) is 3.01. The van der Waals surface area contributed by atoms with Crippen molar-refractivity contribution in [3.05, 3.63) is 52.1 Å². The van der Waals surface area contributed by atoms with Gasteiger partial charge in [0.1, 0.15) is 5.82 Å². The number of benzene rings is 1. The second-order valence-corrected chi connectivity index (χ2v) is 5.61. The number of carbonyl (C=O) groups is 1. The zero-order valence-electron chi connectivity index (χ0n) is 11.7. The number of fused-ring (bicyclic) bond motifs is 1.